The summed E-state index contributed by atoms with van der Waals surface area (Å²) in [6, 6.07) is 13.5. The summed E-state index contributed by atoms with van der Waals surface area (Å²) in [5.41, 5.74) is 1.65. The van der Waals surface area contributed by atoms with Crippen LogP contribution in [0.5, 0.6) is 11.5 Å². The second kappa shape index (κ2) is 8.15. The summed E-state index contributed by atoms with van der Waals surface area (Å²) in [6.45, 7) is 0.527. The van der Waals surface area contributed by atoms with Gasteiger partial charge in [0.15, 0.2) is 0 Å². The van der Waals surface area contributed by atoms with Crippen LogP contribution in [0.3, 0.4) is 0 Å². The fraction of sp³-hybridized carbons (Fsp3) is 0.158. The number of anilines is 3. The van der Waals surface area contributed by atoms with Gasteiger partial charge in [-0.15, -0.1) is 0 Å². The molecule has 0 aliphatic heterocycles. The number of nitrogens with zero attached hydrogens (tertiary/aromatic N) is 2. The number of aromatic nitrogens is 2. The molecule has 0 aliphatic rings. The summed E-state index contributed by atoms with van der Waals surface area (Å²) in [7, 11) is 3.19. The predicted octanol–water partition coefficient (Wildman–Crippen LogP) is 3.99. The number of rotatable bonds is 7. The van der Waals surface area contributed by atoms with Gasteiger partial charge in [0.1, 0.15) is 23.1 Å². The molecule has 0 spiro atoms. The molecule has 0 unspecified atom stereocenters. The molecule has 3 rings (SSSR count). The molecule has 0 saturated heterocycles. The van der Waals surface area contributed by atoms with E-state index in [0.29, 0.717) is 35.5 Å². The summed E-state index contributed by atoms with van der Waals surface area (Å²) in [5, 5.41) is 6.32. The second-order valence-corrected chi connectivity index (χ2v) is 5.44. The quantitative estimate of drug-likeness (QED) is 0.669. The zero-order chi connectivity index (χ0) is 18.4. The molecule has 1 aromatic heterocycles. The van der Waals surface area contributed by atoms with Gasteiger partial charge in [0, 0.05) is 18.8 Å². The normalized spacial score (nSPS) is 10.3. The zero-order valence-electron chi connectivity index (χ0n) is 14.5. The van der Waals surface area contributed by atoms with Gasteiger partial charge >= 0.3 is 0 Å². The van der Waals surface area contributed by atoms with Crippen molar-refractivity contribution >= 4 is 17.5 Å². The Kier molecular flexibility index (Phi) is 5.48. The van der Waals surface area contributed by atoms with Gasteiger partial charge in [-0.2, -0.15) is 4.98 Å². The number of methoxy groups -OCH3 is 2. The van der Waals surface area contributed by atoms with E-state index in [-0.39, 0.29) is 5.82 Å². The Morgan fingerprint density at radius 3 is 2.54 bits per heavy atom. The van der Waals surface area contributed by atoms with E-state index in [2.05, 4.69) is 20.6 Å². The van der Waals surface area contributed by atoms with Gasteiger partial charge in [-0.1, -0.05) is 12.1 Å². The third-order valence-corrected chi connectivity index (χ3v) is 3.70. The Morgan fingerprint density at radius 2 is 1.81 bits per heavy atom. The van der Waals surface area contributed by atoms with E-state index in [1.807, 2.05) is 6.07 Å². The summed E-state index contributed by atoms with van der Waals surface area (Å²) in [5.74, 6) is 2.15. The molecule has 134 valence electrons. The van der Waals surface area contributed by atoms with Crippen molar-refractivity contribution in [3.05, 3.63) is 66.1 Å². The number of hydrogen-bond acceptors (Lipinski definition) is 6. The maximum absolute atomic E-state index is 13.0. The first-order chi connectivity index (χ1) is 12.7. The van der Waals surface area contributed by atoms with E-state index >= 15 is 0 Å². The molecule has 6 nitrogen and oxygen atoms in total. The van der Waals surface area contributed by atoms with Crippen LogP contribution in [0.2, 0.25) is 0 Å². The molecule has 2 aromatic carbocycles. The largest absolute Gasteiger partial charge is 0.497 e. The minimum atomic E-state index is -0.255. The summed E-state index contributed by atoms with van der Waals surface area (Å²) < 4.78 is 23.5. The van der Waals surface area contributed by atoms with Gasteiger partial charge in [0.2, 0.25) is 5.95 Å². The van der Waals surface area contributed by atoms with Crippen LogP contribution in [0.15, 0.2) is 54.7 Å². The van der Waals surface area contributed by atoms with Crippen molar-refractivity contribution in [3.63, 3.8) is 0 Å². The highest BCUT2D eigenvalue weighted by atomic mass is 19.1. The summed E-state index contributed by atoms with van der Waals surface area (Å²) >= 11 is 0. The second-order valence-electron chi connectivity index (χ2n) is 5.44. The Morgan fingerprint density at radius 1 is 1.00 bits per heavy atom. The van der Waals surface area contributed by atoms with Crippen LogP contribution in [0, 0.1) is 5.82 Å². The predicted molar refractivity (Wildman–Crippen MR) is 98.6 cm³/mol. The van der Waals surface area contributed by atoms with Crippen LogP contribution in [0.4, 0.5) is 21.8 Å². The van der Waals surface area contributed by atoms with Crippen molar-refractivity contribution in [2.75, 3.05) is 24.9 Å². The maximum atomic E-state index is 13.0. The van der Waals surface area contributed by atoms with Gasteiger partial charge in [-0.05, 0) is 35.9 Å². The Bertz CT molecular complexity index is 872. The van der Waals surface area contributed by atoms with Crippen molar-refractivity contribution in [2.45, 2.75) is 6.54 Å². The van der Waals surface area contributed by atoms with Gasteiger partial charge in [-0.25, -0.2) is 9.37 Å². The highest BCUT2D eigenvalue weighted by Crippen LogP contribution is 2.30. The Hall–Kier alpha value is -3.35. The standard InChI is InChI=1S/C19H19FN4O2/c1-25-15-7-8-17(26-2)16(11-15)23-19-21-10-9-18(24-19)22-12-13-3-5-14(20)6-4-13/h3-11H,12H2,1-2H3,(H2,21,22,23,24). The zero-order valence-corrected chi connectivity index (χ0v) is 14.5. The van der Waals surface area contributed by atoms with Crippen LogP contribution >= 0.6 is 0 Å². The molecule has 7 heteroatoms. The summed E-state index contributed by atoms with van der Waals surface area (Å²) in [4.78, 5) is 8.65. The smallest absolute Gasteiger partial charge is 0.229 e. The van der Waals surface area contributed by atoms with Gasteiger partial charge in [0.05, 0.1) is 19.9 Å². The van der Waals surface area contributed by atoms with E-state index in [9.17, 15) is 4.39 Å². The first-order valence-corrected chi connectivity index (χ1v) is 7.98. The SMILES string of the molecule is COc1ccc(OC)c(Nc2nccc(NCc3ccc(F)cc3)n2)c1. The number of halogens is 1. The van der Waals surface area contributed by atoms with E-state index in [1.54, 1.807) is 50.7 Å². The van der Waals surface area contributed by atoms with Crippen LogP contribution in [0.1, 0.15) is 5.56 Å². The third-order valence-electron chi connectivity index (χ3n) is 3.70. The molecule has 0 atom stereocenters. The number of hydrogen-bond donors (Lipinski definition) is 2. The fourth-order valence-corrected chi connectivity index (χ4v) is 2.34. The van der Waals surface area contributed by atoms with Gasteiger partial charge < -0.3 is 20.1 Å². The van der Waals surface area contributed by atoms with Crippen molar-refractivity contribution in [1.82, 2.24) is 9.97 Å². The molecular formula is C19H19FN4O2. The lowest BCUT2D eigenvalue weighted by Crippen LogP contribution is -2.05. The average Bonchev–Trinajstić information content (AvgIpc) is 2.68. The Balaban J connectivity index is 1.72. The molecule has 0 radical (unpaired) electrons. The van der Waals surface area contributed by atoms with Gasteiger partial charge in [-0.3, -0.25) is 0 Å². The monoisotopic (exact) mass is 354 g/mol. The fourth-order valence-electron chi connectivity index (χ4n) is 2.34. The molecule has 0 fully saturated rings. The first-order valence-electron chi connectivity index (χ1n) is 7.98. The minimum absolute atomic E-state index is 0.255. The van der Waals surface area contributed by atoms with Crippen molar-refractivity contribution in [1.29, 1.82) is 0 Å². The molecule has 0 bridgehead atoms. The van der Waals surface area contributed by atoms with E-state index in [4.69, 9.17) is 9.47 Å². The summed E-state index contributed by atoms with van der Waals surface area (Å²) in [6.07, 6.45) is 1.65. The van der Waals surface area contributed by atoms with Crippen molar-refractivity contribution in [3.8, 4) is 11.5 Å². The molecule has 3 aromatic rings. The third kappa shape index (κ3) is 4.38. The van der Waals surface area contributed by atoms with E-state index in [0.717, 1.165) is 5.56 Å². The van der Waals surface area contributed by atoms with Crippen molar-refractivity contribution in [2.24, 2.45) is 0 Å². The molecule has 0 saturated carbocycles. The molecule has 0 amide bonds. The van der Waals surface area contributed by atoms with E-state index in [1.165, 1.54) is 12.1 Å². The van der Waals surface area contributed by atoms with Crippen LogP contribution in [-0.4, -0.2) is 24.2 Å². The first kappa shape index (κ1) is 17.5. The molecule has 26 heavy (non-hydrogen) atoms. The van der Waals surface area contributed by atoms with Gasteiger partial charge in [0.25, 0.3) is 0 Å². The molecular weight excluding hydrogens is 335 g/mol. The highest BCUT2D eigenvalue weighted by Gasteiger charge is 2.07. The minimum Gasteiger partial charge on any atom is -0.497 e. The Labute approximate surface area is 151 Å². The van der Waals surface area contributed by atoms with Crippen LogP contribution < -0.4 is 20.1 Å². The lowest BCUT2D eigenvalue weighted by molar-refractivity contribution is 0.405. The highest BCUT2D eigenvalue weighted by molar-refractivity contribution is 5.65. The molecule has 1 heterocycles. The molecule has 2 N–H and O–H groups in total. The average molecular weight is 354 g/mol. The molecule has 0 aliphatic carbocycles. The number of ether oxygens (including phenoxy) is 2. The lowest BCUT2D eigenvalue weighted by atomic mass is 10.2. The topological polar surface area (TPSA) is 68.3 Å². The van der Waals surface area contributed by atoms with Crippen LogP contribution in [0.25, 0.3) is 0 Å². The maximum Gasteiger partial charge on any atom is 0.229 e. The number of benzene rings is 2. The van der Waals surface area contributed by atoms with E-state index < -0.39 is 0 Å². The van der Waals surface area contributed by atoms with Crippen LogP contribution in [-0.2, 0) is 6.54 Å². The number of nitrogens with one attached hydrogen (secondary N) is 2. The van der Waals surface area contributed by atoms with Crippen molar-refractivity contribution < 1.29 is 13.9 Å². The lowest BCUT2D eigenvalue weighted by Gasteiger charge is -2.12.